The van der Waals surface area contributed by atoms with Crippen LogP contribution in [-0.2, 0) is 15.9 Å². The number of rotatable bonds is 4. The monoisotopic (exact) mass is 288 g/mol. The molecular weight excluding hydrogens is 276 g/mol. The lowest BCUT2D eigenvalue weighted by Gasteiger charge is -2.10. The van der Waals surface area contributed by atoms with Crippen LogP contribution in [0.15, 0.2) is 59.5 Å². The van der Waals surface area contributed by atoms with E-state index in [2.05, 4.69) is 0 Å². The van der Waals surface area contributed by atoms with Crippen LogP contribution in [0.2, 0.25) is 0 Å². The third kappa shape index (κ3) is 3.20. The first-order valence-corrected chi connectivity index (χ1v) is 6.90. The van der Waals surface area contributed by atoms with Crippen LogP contribution in [0.25, 0.3) is 17.2 Å². The quantitative estimate of drug-likeness (QED) is 0.670. The van der Waals surface area contributed by atoms with Crippen molar-refractivity contribution in [3.63, 3.8) is 0 Å². The second-order valence-electron chi connectivity index (χ2n) is 4.01. The summed E-state index contributed by atoms with van der Waals surface area (Å²) >= 11 is -2.15. The number of carboxylic acid groups (broad SMARTS) is 1. The van der Waals surface area contributed by atoms with E-state index >= 15 is 0 Å². The summed E-state index contributed by atoms with van der Waals surface area (Å²) < 4.78 is 20.9. The number of hydrogen-bond acceptors (Lipinski definition) is 2. The largest absolute Gasteiger partial charge is 0.478 e. The standard InChI is InChI=1S/C15H12O4S/c16-14(17)10-9-12-7-4-8-13(20(18)19)15(12)11-5-2-1-3-6-11/h1-10H,(H,16,17)(H,18,19). The minimum Gasteiger partial charge on any atom is -0.478 e. The van der Waals surface area contributed by atoms with E-state index in [1.807, 2.05) is 30.3 Å². The molecule has 0 radical (unpaired) electrons. The zero-order valence-electron chi connectivity index (χ0n) is 10.4. The summed E-state index contributed by atoms with van der Waals surface area (Å²) in [5.41, 5.74) is 1.90. The molecule has 0 fully saturated rings. The van der Waals surface area contributed by atoms with Crippen molar-refractivity contribution in [2.24, 2.45) is 0 Å². The number of hydrogen-bond donors (Lipinski definition) is 2. The van der Waals surface area contributed by atoms with Crippen LogP contribution in [-0.4, -0.2) is 19.8 Å². The Morgan fingerprint density at radius 1 is 1.05 bits per heavy atom. The molecule has 0 amide bonds. The molecule has 0 heterocycles. The van der Waals surface area contributed by atoms with E-state index in [1.165, 1.54) is 6.08 Å². The molecule has 2 N–H and O–H groups in total. The minimum atomic E-state index is -2.15. The first kappa shape index (κ1) is 14.2. The number of carbonyl (C=O) groups is 1. The van der Waals surface area contributed by atoms with Gasteiger partial charge in [-0.25, -0.2) is 9.00 Å². The van der Waals surface area contributed by atoms with Gasteiger partial charge in [0.05, 0.1) is 4.90 Å². The van der Waals surface area contributed by atoms with E-state index in [0.717, 1.165) is 11.6 Å². The van der Waals surface area contributed by atoms with Crippen LogP contribution in [0.3, 0.4) is 0 Å². The molecule has 2 aromatic rings. The predicted octanol–water partition coefficient (Wildman–Crippen LogP) is 3.03. The first-order chi connectivity index (χ1) is 9.59. The van der Waals surface area contributed by atoms with Gasteiger partial charge in [-0.15, -0.1) is 0 Å². The Bertz CT molecular complexity index is 678. The summed E-state index contributed by atoms with van der Waals surface area (Å²) in [6, 6.07) is 14.0. The van der Waals surface area contributed by atoms with Crippen LogP contribution in [0.4, 0.5) is 0 Å². The van der Waals surface area contributed by atoms with E-state index in [1.54, 1.807) is 18.2 Å². The fraction of sp³-hybridized carbons (Fsp3) is 0. The molecule has 4 nitrogen and oxygen atoms in total. The Kier molecular flexibility index (Phi) is 4.45. The first-order valence-electron chi connectivity index (χ1n) is 5.80. The fourth-order valence-corrected chi connectivity index (χ4v) is 2.51. The highest BCUT2D eigenvalue weighted by atomic mass is 32.2. The third-order valence-electron chi connectivity index (χ3n) is 2.71. The molecule has 1 unspecified atom stereocenters. The van der Waals surface area contributed by atoms with Crippen molar-refractivity contribution in [3.8, 4) is 11.1 Å². The molecule has 0 aliphatic heterocycles. The zero-order valence-corrected chi connectivity index (χ0v) is 11.2. The maximum Gasteiger partial charge on any atom is 0.328 e. The molecule has 0 aromatic heterocycles. The molecule has 0 aliphatic rings. The van der Waals surface area contributed by atoms with E-state index in [-0.39, 0.29) is 4.90 Å². The van der Waals surface area contributed by atoms with Crippen LogP contribution >= 0.6 is 0 Å². The van der Waals surface area contributed by atoms with Crippen molar-refractivity contribution in [2.45, 2.75) is 4.90 Å². The Labute approximate surface area is 118 Å². The molecule has 0 spiro atoms. The van der Waals surface area contributed by atoms with Gasteiger partial charge in [-0.05, 0) is 23.3 Å². The van der Waals surface area contributed by atoms with Crippen LogP contribution in [0.1, 0.15) is 5.56 Å². The van der Waals surface area contributed by atoms with Crippen molar-refractivity contribution in [1.82, 2.24) is 0 Å². The number of benzene rings is 2. The predicted molar refractivity (Wildman–Crippen MR) is 77.6 cm³/mol. The lowest BCUT2D eigenvalue weighted by molar-refractivity contribution is -0.131. The lowest BCUT2D eigenvalue weighted by atomic mass is 9.99. The van der Waals surface area contributed by atoms with E-state index < -0.39 is 17.0 Å². The molecule has 1 atom stereocenters. The van der Waals surface area contributed by atoms with Gasteiger partial charge >= 0.3 is 5.97 Å². The van der Waals surface area contributed by atoms with Gasteiger partial charge in [0.2, 0.25) is 0 Å². The van der Waals surface area contributed by atoms with Crippen LogP contribution in [0.5, 0.6) is 0 Å². The summed E-state index contributed by atoms with van der Waals surface area (Å²) in [6.07, 6.45) is 2.42. The van der Waals surface area contributed by atoms with Gasteiger partial charge in [-0.2, -0.15) is 0 Å². The third-order valence-corrected chi connectivity index (χ3v) is 3.43. The molecular formula is C15H12O4S. The average Bonchev–Trinajstić information content (AvgIpc) is 2.45. The van der Waals surface area contributed by atoms with Gasteiger partial charge in [0, 0.05) is 11.6 Å². The Morgan fingerprint density at radius 3 is 2.35 bits per heavy atom. The molecule has 2 rings (SSSR count). The Balaban J connectivity index is 2.67. The van der Waals surface area contributed by atoms with E-state index in [4.69, 9.17) is 5.11 Å². The molecule has 20 heavy (non-hydrogen) atoms. The summed E-state index contributed by atoms with van der Waals surface area (Å²) in [7, 11) is 0. The normalized spacial score (nSPS) is 12.4. The summed E-state index contributed by atoms with van der Waals surface area (Å²) in [5, 5.41) is 8.72. The maximum atomic E-state index is 11.5. The molecule has 102 valence electrons. The zero-order chi connectivity index (χ0) is 14.5. The summed E-state index contributed by atoms with van der Waals surface area (Å²) in [5.74, 6) is -1.07. The second kappa shape index (κ2) is 6.27. The minimum absolute atomic E-state index is 0.253. The second-order valence-corrected chi connectivity index (χ2v) is 4.95. The van der Waals surface area contributed by atoms with Crippen molar-refractivity contribution in [1.29, 1.82) is 0 Å². The topological polar surface area (TPSA) is 74.6 Å². The molecule has 5 heteroatoms. The number of aliphatic carboxylic acids is 1. The highest BCUT2D eigenvalue weighted by Gasteiger charge is 2.13. The van der Waals surface area contributed by atoms with Gasteiger partial charge in [0.15, 0.2) is 11.1 Å². The van der Waals surface area contributed by atoms with Crippen LogP contribution < -0.4 is 0 Å². The van der Waals surface area contributed by atoms with E-state index in [9.17, 15) is 13.6 Å². The number of carboxylic acids is 1. The van der Waals surface area contributed by atoms with Crippen molar-refractivity contribution in [2.75, 3.05) is 0 Å². The van der Waals surface area contributed by atoms with E-state index in [0.29, 0.717) is 11.1 Å². The Morgan fingerprint density at radius 2 is 1.75 bits per heavy atom. The lowest BCUT2D eigenvalue weighted by Crippen LogP contribution is -1.96. The van der Waals surface area contributed by atoms with Crippen LogP contribution in [0, 0.1) is 0 Å². The molecule has 0 saturated carbocycles. The summed E-state index contributed by atoms with van der Waals surface area (Å²) in [4.78, 5) is 10.9. The van der Waals surface area contributed by atoms with Gasteiger partial charge in [-0.1, -0.05) is 42.5 Å². The molecule has 0 aliphatic carbocycles. The van der Waals surface area contributed by atoms with Crippen molar-refractivity contribution in [3.05, 3.63) is 60.2 Å². The molecule has 0 bridgehead atoms. The maximum absolute atomic E-state index is 11.5. The van der Waals surface area contributed by atoms with Gasteiger partial charge in [0.1, 0.15) is 0 Å². The highest BCUT2D eigenvalue weighted by Crippen LogP contribution is 2.30. The Hall–Kier alpha value is -2.24. The SMILES string of the molecule is O=C(O)C=Cc1cccc(S(=O)O)c1-c1ccccc1. The van der Waals surface area contributed by atoms with Crippen molar-refractivity contribution >= 4 is 23.1 Å². The van der Waals surface area contributed by atoms with Gasteiger partial charge < -0.3 is 9.66 Å². The summed E-state index contributed by atoms with van der Waals surface area (Å²) in [6.45, 7) is 0. The van der Waals surface area contributed by atoms with Gasteiger partial charge in [-0.3, -0.25) is 0 Å². The fourth-order valence-electron chi connectivity index (χ4n) is 1.91. The average molecular weight is 288 g/mol. The van der Waals surface area contributed by atoms with Crippen molar-refractivity contribution < 1.29 is 18.7 Å². The molecule has 0 saturated heterocycles. The highest BCUT2D eigenvalue weighted by molar-refractivity contribution is 7.79. The molecule has 2 aromatic carbocycles. The smallest absolute Gasteiger partial charge is 0.328 e. The van der Waals surface area contributed by atoms with Gasteiger partial charge in [0.25, 0.3) is 0 Å².